The van der Waals surface area contributed by atoms with Crippen molar-refractivity contribution in [3.63, 3.8) is 0 Å². The number of carbonyl (C=O) groups is 1. The molecule has 0 aliphatic carbocycles. The summed E-state index contributed by atoms with van der Waals surface area (Å²) < 4.78 is 14.2. The summed E-state index contributed by atoms with van der Waals surface area (Å²) in [5, 5.41) is 4.34. The summed E-state index contributed by atoms with van der Waals surface area (Å²) in [7, 11) is 1.65. The number of methoxy groups -OCH3 is 1. The van der Waals surface area contributed by atoms with Gasteiger partial charge in [0.05, 0.1) is 38.3 Å². The molecule has 3 aromatic heterocycles. The highest BCUT2D eigenvalue weighted by Gasteiger charge is 2.21. The number of imidazole rings is 1. The molecule has 1 aliphatic rings. The average molecular weight is 356 g/mol. The minimum Gasteiger partial charge on any atom is -0.383 e. The molecule has 0 radical (unpaired) electrons. The number of carbonyl (C=O) groups excluding carboxylic acids is 1. The van der Waals surface area contributed by atoms with E-state index >= 15 is 0 Å². The molecule has 0 aromatic carbocycles. The minimum atomic E-state index is 0.374. The standard InChI is InChI=1S/C17H20N6O3/c1-25-7-6-22-11-13(10-19-22)15-14(12-24)20-17-16(18-2-3-23(15)17)21-4-8-26-9-5-21/h2-3,10-12H,4-9H2,1H3. The first-order chi connectivity index (χ1) is 12.8. The molecule has 0 unspecified atom stereocenters. The van der Waals surface area contributed by atoms with Crippen LogP contribution in [-0.2, 0) is 16.0 Å². The normalized spacial score (nSPS) is 14.9. The Hall–Kier alpha value is -2.78. The van der Waals surface area contributed by atoms with E-state index in [9.17, 15) is 4.79 Å². The Morgan fingerprint density at radius 3 is 2.96 bits per heavy atom. The van der Waals surface area contributed by atoms with Gasteiger partial charge in [-0.2, -0.15) is 5.10 Å². The number of morpholine rings is 1. The van der Waals surface area contributed by atoms with Crippen LogP contribution in [0.3, 0.4) is 0 Å². The topological polar surface area (TPSA) is 86.8 Å². The highest BCUT2D eigenvalue weighted by Crippen LogP contribution is 2.28. The van der Waals surface area contributed by atoms with Crippen LogP contribution in [0.5, 0.6) is 0 Å². The van der Waals surface area contributed by atoms with Gasteiger partial charge in [0.25, 0.3) is 0 Å². The first kappa shape index (κ1) is 16.7. The van der Waals surface area contributed by atoms with E-state index < -0.39 is 0 Å². The van der Waals surface area contributed by atoms with Crippen molar-refractivity contribution >= 4 is 17.8 Å². The molecule has 136 valence electrons. The molecule has 0 N–H and O–H groups in total. The van der Waals surface area contributed by atoms with Gasteiger partial charge in [0.15, 0.2) is 17.8 Å². The van der Waals surface area contributed by atoms with Crippen molar-refractivity contribution in [1.29, 1.82) is 0 Å². The highest BCUT2D eigenvalue weighted by molar-refractivity contribution is 5.87. The maximum Gasteiger partial charge on any atom is 0.181 e. The molecule has 9 heteroatoms. The first-order valence-corrected chi connectivity index (χ1v) is 8.48. The van der Waals surface area contributed by atoms with Gasteiger partial charge < -0.3 is 14.4 Å². The van der Waals surface area contributed by atoms with Crippen LogP contribution in [0.25, 0.3) is 16.9 Å². The number of hydrogen-bond acceptors (Lipinski definition) is 7. The second kappa shape index (κ2) is 7.22. The summed E-state index contributed by atoms with van der Waals surface area (Å²) in [6, 6.07) is 0. The quantitative estimate of drug-likeness (QED) is 0.606. The largest absolute Gasteiger partial charge is 0.383 e. The first-order valence-electron chi connectivity index (χ1n) is 8.48. The van der Waals surface area contributed by atoms with Crippen molar-refractivity contribution in [2.75, 3.05) is 44.9 Å². The molecule has 0 spiro atoms. The van der Waals surface area contributed by atoms with E-state index in [1.165, 1.54) is 0 Å². The molecule has 3 aromatic rings. The van der Waals surface area contributed by atoms with E-state index in [1.54, 1.807) is 24.2 Å². The van der Waals surface area contributed by atoms with Crippen molar-refractivity contribution in [1.82, 2.24) is 24.1 Å². The third kappa shape index (κ3) is 2.95. The summed E-state index contributed by atoms with van der Waals surface area (Å²) >= 11 is 0. The van der Waals surface area contributed by atoms with Crippen LogP contribution in [0.15, 0.2) is 24.8 Å². The Bertz CT molecular complexity index is 913. The molecule has 4 heterocycles. The lowest BCUT2D eigenvalue weighted by Crippen LogP contribution is -2.37. The Kier molecular flexibility index (Phi) is 4.63. The van der Waals surface area contributed by atoms with Gasteiger partial charge in [-0.3, -0.25) is 13.9 Å². The van der Waals surface area contributed by atoms with Gasteiger partial charge in [-0.1, -0.05) is 0 Å². The number of nitrogens with zero attached hydrogens (tertiary/aromatic N) is 6. The number of ether oxygens (including phenoxy) is 2. The van der Waals surface area contributed by atoms with Crippen LogP contribution < -0.4 is 4.90 Å². The number of rotatable bonds is 6. The van der Waals surface area contributed by atoms with Crippen molar-refractivity contribution in [2.24, 2.45) is 0 Å². The molecule has 4 rings (SSSR count). The third-order valence-corrected chi connectivity index (χ3v) is 4.40. The lowest BCUT2D eigenvalue weighted by atomic mass is 10.2. The SMILES string of the molecule is COCCn1cc(-c2c(C=O)nc3c(N4CCOCC4)nccn23)cn1. The Labute approximate surface area is 150 Å². The van der Waals surface area contributed by atoms with E-state index in [0.717, 1.165) is 36.5 Å². The monoisotopic (exact) mass is 356 g/mol. The van der Waals surface area contributed by atoms with Crippen molar-refractivity contribution in [2.45, 2.75) is 6.54 Å². The lowest BCUT2D eigenvalue weighted by molar-refractivity contribution is 0.112. The van der Waals surface area contributed by atoms with Crippen molar-refractivity contribution < 1.29 is 14.3 Å². The average Bonchev–Trinajstić information content (AvgIpc) is 3.30. The summed E-state index contributed by atoms with van der Waals surface area (Å²) in [6.07, 6.45) is 7.96. The molecule has 0 bridgehead atoms. The summed E-state index contributed by atoms with van der Waals surface area (Å²) in [5.74, 6) is 0.761. The molecule has 0 atom stereocenters. The molecule has 0 saturated carbocycles. The predicted octanol–water partition coefficient (Wildman–Crippen LogP) is 0.888. The van der Waals surface area contributed by atoms with Gasteiger partial charge >= 0.3 is 0 Å². The van der Waals surface area contributed by atoms with Crippen LogP contribution in [0, 0.1) is 0 Å². The maximum absolute atomic E-state index is 11.7. The fraction of sp³-hybridized carbons (Fsp3) is 0.412. The van der Waals surface area contributed by atoms with Crippen LogP contribution in [0.4, 0.5) is 5.82 Å². The maximum atomic E-state index is 11.7. The van der Waals surface area contributed by atoms with E-state index in [-0.39, 0.29) is 0 Å². The second-order valence-corrected chi connectivity index (χ2v) is 5.99. The molecule has 0 amide bonds. The van der Waals surface area contributed by atoms with Crippen LogP contribution in [-0.4, -0.2) is 70.5 Å². The minimum absolute atomic E-state index is 0.374. The molecule has 1 aliphatic heterocycles. The Morgan fingerprint density at radius 1 is 1.35 bits per heavy atom. The van der Waals surface area contributed by atoms with Gasteiger partial charge in [-0.05, 0) is 0 Å². The van der Waals surface area contributed by atoms with E-state index in [0.29, 0.717) is 37.7 Å². The summed E-state index contributed by atoms with van der Waals surface area (Å²) in [6.45, 7) is 4.02. The van der Waals surface area contributed by atoms with E-state index in [1.807, 2.05) is 16.8 Å². The lowest BCUT2D eigenvalue weighted by Gasteiger charge is -2.27. The Morgan fingerprint density at radius 2 is 2.19 bits per heavy atom. The fourth-order valence-electron chi connectivity index (χ4n) is 3.14. The van der Waals surface area contributed by atoms with Crippen molar-refractivity contribution in [3.05, 3.63) is 30.5 Å². The van der Waals surface area contributed by atoms with E-state index in [4.69, 9.17) is 9.47 Å². The molecule has 1 saturated heterocycles. The van der Waals surface area contributed by atoms with Gasteiger partial charge in [-0.25, -0.2) is 9.97 Å². The Balaban J connectivity index is 1.79. The van der Waals surface area contributed by atoms with Gasteiger partial charge in [0, 0.05) is 44.4 Å². The number of anilines is 1. The summed E-state index contributed by atoms with van der Waals surface area (Å²) in [5.41, 5.74) is 2.58. The molecular formula is C17H20N6O3. The molecule has 1 fully saturated rings. The van der Waals surface area contributed by atoms with E-state index in [2.05, 4.69) is 20.0 Å². The van der Waals surface area contributed by atoms with Gasteiger partial charge in [-0.15, -0.1) is 0 Å². The number of hydrogen-bond donors (Lipinski definition) is 0. The zero-order valence-corrected chi connectivity index (χ0v) is 14.5. The molecule has 26 heavy (non-hydrogen) atoms. The smallest absolute Gasteiger partial charge is 0.181 e. The zero-order valence-electron chi connectivity index (χ0n) is 14.5. The molecule has 9 nitrogen and oxygen atoms in total. The van der Waals surface area contributed by atoms with Crippen molar-refractivity contribution in [3.8, 4) is 11.3 Å². The van der Waals surface area contributed by atoms with Crippen LogP contribution >= 0.6 is 0 Å². The second-order valence-electron chi connectivity index (χ2n) is 5.99. The zero-order chi connectivity index (χ0) is 17.9. The predicted molar refractivity (Wildman–Crippen MR) is 94.5 cm³/mol. The molecular weight excluding hydrogens is 336 g/mol. The number of aldehydes is 1. The van der Waals surface area contributed by atoms with Crippen LogP contribution in [0.2, 0.25) is 0 Å². The fourth-order valence-corrected chi connectivity index (χ4v) is 3.14. The number of fused-ring (bicyclic) bond motifs is 1. The highest BCUT2D eigenvalue weighted by atomic mass is 16.5. The summed E-state index contributed by atoms with van der Waals surface area (Å²) in [4.78, 5) is 22.8. The van der Waals surface area contributed by atoms with Crippen LogP contribution in [0.1, 0.15) is 10.5 Å². The van der Waals surface area contributed by atoms with Gasteiger partial charge in [0.1, 0.15) is 5.69 Å². The third-order valence-electron chi connectivity index (χ3n) is 4.40. The number of aromatic nitrogens is 5. The van der Waals surface area contributed by atoms with Gasteiger partial charge in [0.2, 0.25) is 0 Å².